The van der Waals surface area contributed by atoms with Crippen molar-refractivity contribution < 1.29 is 36.6 Å². The maximum atomic E-state index is 14.0. The number of hydrogen-bond acceptors (Lipinski definition) is 5. The van der Waals surface area contributed by atoms with Gasteiger partial charge in [0, 0.05) is 74.4 Å². The Bertz CT molecular complexity index is 1360. The van der Waals surface area contributed by atoms with Gasteiger partial charge in [-0.3, -0.25) is 14.5 Å². The average Bonchev–Trinajstić information content (AvgIpc) is 2.93. The maximum Gasteiger partial charge on any atom is 0.430 e. The Balaban J connectivity index is 1.12. The highest BCUT2D eigenvalue weighted by Gasteiger charge is 2.62. The van der Waals surface area contributed by atoms with Crippen LogP contribution in [0.3, 0.4) is 0 Å². The predicted octanol–water partition coefficient (Wildman–Crippen LogP) is 5.40. The summed E-state index contributed by atoms with van der Waals surface area (Å²) in [7, 11) is 0. The van der Waals surface area contributed by atoms with Crippen LogP contribution in [-0.2, 0) is 10.4 Å². The largest absolute Gasteiger partial charge is 0.430 e. The fourth-order valence-electron chi connectivity index (χ4n) is 5.91. The van der Waals surface area contributed by atoms with Crippen LogP contribution in [-0.4, -0.2) is 95.1 Å². The quantitative estimate of drug-likeness (QED) is 0.410. The third-order valence-electron chi connectivity index (χ3n) is 8.49. The van der Waals surface area contributed by atoms with Gasteiger partial charge in [-0.25, -0.2) is 8.78 Å². The van der Waals surface area contributed by atoms with Crippen molar-refractivity contribution >= 4 is 40.7 Å². The summed E-state index contributed by atoms with van der Waals surface area (Å²) in [6, 6.07) is 9.65. The van der Waals surface area contributed by atoms with Crippen LogP contribution in [0.1, 0.15) is 41.6 Å². The summed E-state index contributed by atoms with van der Waals surface area (Å²) >= 11 is 12.2. The number of hydrogen-bond donors (Lipinski definition) is 2. The first-order chi connectivity index (χ1) is 20.2. The Morgan fingerprint density at radius 1 is 0.930 bits per heavy atom. The van der Waals surface area contributed by atoms with Crippen LogP contribution < -0.4 is 5.32 Å². The van der Waals surface area contributed by atoms with Gasteiger partial charge in [0.25, 0.3) is 23.3 Å². The molecule has 5 rings (SSSR count). The first kappa shape index (κ1) is 31.7. The Morgan fingerprint density at radius 2 is 1.58 bits per heavy atom. The molecule has 43 heavy (non-hydrogen) atoms. The minimum Gasteiger partial charge on any atom is -0.380 e. The number of aliphatic hydroxyl groups is 1. The summed E-state index contributed by atoms with van der Waals surface area (Å²) in [6.45, 7) is 1.39. The van der Waals surface area contributed by atoms with Crippen LogP contribution in [0, 0.1) is 0 Å². The number of anilines is 1. The topological polar surface area (TPSA) is 76.1 Å². The maximum absolute atomic E-state index is 14.0. The molecular formula is C29H31Cl2F5N4O3. The van der Waals surface area contributed by atoms with E-state index in [-0.39, 0.29) is 72.6 Å². The minimum atomic E-state index is -5.23. The normalized spacial score (nSPS) is 21.7. The molecule has 0 bridgehead atoms. The van der Waals surface area contributed by atoms with E-state index in [1.807, 2.05) is 0 Å². The second-order valence-electron chi connectivity index (χ2n) is 11.4. The number of carbonyl (C=O) groups is 2. The molecule has 2 N–H and O–H groups in total. The summed E-state index contributed by atoms with van der Waals surface area (Å²) in [5.41, 5.74) is -3.36. The summed E-state index contributed by atoms with van der Waals surface area (Å²) in [5.74, 6) is -4.55. The number of amides is 2. The molecule has 0 spiro atoms. The zero-order valence-corrected chi connectivity index (χ0v) is 24.5. The van der Waals surface area contributed by atoms with E-state index in [1.54, 1.807) is 18.2 Å². The summed E-state index contributed by atoms with van der Waals surface area (Å²) in [4.78, 5) is 30.4. The van der Waals surface area contributed by atoms with Crippen molar-refractivity contribution in [1.29, 1.82) is 0 Å². The van der Waals surface area contributed by atoms with Crippen LogP contribution in [0.4, 0.5) is 27.6 Å². The molecule has 2 aromatic carbocycles. The highest BCUT2D eigenvalue weighted by Crippen LogP contribution is 2.42. The van der Waals surface area contributed by atoms with E-state index >= 15 is 0 Å². The van der Waals surface area contributed by atoms with Gasteiger partial charge in [-0.2, -0.15) is 13.2 Å². The van der Waals surface area contributed by atoms with Crippen molar-refractivity contribution in [2.24, 2.45) is 0 Å². The van der Waals surface area contributed by atoms with E-state index in [2.05, 4.69) is 10.2 Å². The molecule has 14 heteroatoms. The standard InChI is InChI=1S/C29H31Cl2F5N4O3/c30-19-3-1-2-18(14-19)28(43,29(34,35)36)26(42)39-10-6-22(7-11-39)40-16-21(17-40)37-20-4-5-23(24(31)15-20)25(41)38-12-8-27(32,33)9-13-38/h1-5,14-15,21-22,37,43H,6-13,16-17H2. The van der Waals surface area contributed by atoms with Gasteiger partial charge in [0.05, 0.1) is 16.6 Å². The van der Waals surface area contributed by atoms with E-state index in [1.165, 1.54) is 17.0 Å². The molecule has 7 nitrogen and oxygen atoms in total. The van der Waals surface area contributed by atoms with E-state index < -0.39 is 29.2 Å². The van der Waals surface area contributed by atoms with E-state index in [9.17, 15) is 36.6 Å². The Morgan fingerprint density at radius 3 is 2.16 bits per heavy atom. The van der Waals surface area contributed by atoms with Gasteiger partial charge in [-0.1, -0.05) is 35.3 Å². The summed E-state index contributed by atoms with van der Waals surface area (Å²) < 4.78 is 68.9. The first-order valence-electron chi connectivity index (χ1n) is 14.0. The van der Waals surface area contributed by atoms with E-state index in [4.69, 9.17) is 23.2 Å². The number of rotatable bonds is 6. The molecule has 0 saturated carbocycles. The molecule has 2 aromatic rings. The van der Waals surface area contributed by atoms with Crippen molar-refractivity contribution in [2.45, 2.75) is 55.5 Å². The van der Waals surface area contributed by atoms with Gasteiger partial charge in [0.1, 0.15) is 0 Å². The molecule has 1 atom stereocenters. The molecule has 3 heterocycles. The van der Waals surface area contributed by atoms with Crippen LogP contribution in [0.5, 0.6) is 0 Å². The second-order valence-corrected chi connectivity index (χ2v) is 12.2. The first-order valence-corrected chi connectivity index (χ1v) is 14.8. The lowest BCUT2D eigenvalue weighted by Gasteiger charge is -2.48. The monoisotopic (exact) mass is 648 g/mol. The highest BCUT2D eigenvalue weighted by molar-refractivity contribution is 6.34. The number of piperidine rings is 2. The van der Waals surface area contributed by atoms with Gasteiger partial charge in [0.15, 0.2) is 0 Å². The van der Waals surface area contributed by atoms with Gasteiger partial charge in [-0.15, -0.1) is 0 Å². The smallest absolute Gasteiger partial charge is 0.380 e. The van der Waals surface area contributed by atoms with Gasteiger partial charge in [-0.05, 0) is 43.2 Å². The average molecular weight is 649 g/mol. The fraction of sp³-hybridized carbons (Fsp3) is 0.517. The number of halogens is 7. The van der Waals surface area contributed by atoms with Gasteiger partial charge < -0.3 is 20.2 Å². The number of carbonyl (C=O) groups excluding carboxylic acids is 2. The third-order valence-corrected chi connectivity index (χ3v) is 9.04. The Hall–Kier alpha value is -2.67. The Kier molecular flexibility index (Phi) is 8.88. The SMILES string of the molecule is O=C(c1ccc(NC2CN(C3CCN(C(=O)C(O)(c4cccc(Cl)c4)C(F)(F)F)CC3)C2)cc1Cl)N1CCC(F)(F)CC1. The van der Waals surface area contributed by atoms with Crippen molar-refractivity contribution in [3.05, 3.63) is 63.6 Å². The predicted molar refractivity (Wildman–Crippen MR) is 152 cm³/mol. The molecule has 3 fully saturated rings. The van der Waals surface area contributed by atoms with E-state index in [0.29, 0.717) is 31.6 Å². The number of nitrogens with zero attached hydrogens (tertiary/aromatic N) is 3. The van der Waals surface area contributed by atoms with E-state index in [0.717, 1.165) is 17.0 Å². The van der Waals surface area contributed by atoms with Crippen molar-refractivity contribution in [3.8, 4) is 0 Å². The molecule has 0 aliphatic carbocycles. The number of benzene rings is 2. The number of alkyl halides is 5. The minimum absolute atomic E-state index is 0.0218. The van der Waals surface area contributed by atoms with Crippen molar-refractivity contribution in [3.63, 3.8) is 0 Å². The molecule has 3 aliphatic rings. The fourth-order valence-corrected chi connectivity index (χ4v) is 6.36. The summed E-state index contributed by atoms with van der Waals surface area (Å²) in [5, 5.41) is 14.2. The zero-order valence-electron chi connectivity index (χ0n) is 23.0. The van der Waals surface area contributed by atoms with Crippen molar-refractivity contribution in [1.82, 2.24) is 14.7 Å². The lowest BCUT2D eigenvalue weighted by molar-refractivity contribution is -0.262. The molecule has 3 aliphatic heterocycles. The molecule has 2 amide bonds. The lowest BCUT2D eigenvalue weighted by atomic mass is 9.89. The number of likely N-dealkylation sites (tertiary alicyclic amines) is 3. The third kappa shape index (κ3) is 6.57. The van der Waals surface area contributed by atoms with Crippen molar-refractivity contribution in [2.75, 3.05) is 44.6 Å². The molecule has 0 radical (unpaired) electrons. The molecule has 1 unspecified atom stereocenters. The van der Waals surface area contributed by atoms with Crippen LogP contribution >= 0.6 is 23.2 Å². The molecular weight excluding hydrogens is 618 g/mol. The highest BCUT2D eigenvalue weighted by atomic mass is 35.5. The molecule has 234 valence electrons. The number of nitrogens with one attached hydrogen (secondary N) is 1. The molecule has 3 saturated heterocycles. The second kappa shape index (κ2) is 12.0. The van der Waals surface area contributed by atoms with Crippen LogP contribution in [0.25, 0.3) is 0 Å². The van der Waals surface area contributed by atoms with Gasteiger partial charge >= 0.3 is 6.18 Å². The van der Waals surface area contributed by atoms with Crippen LogP contribution in [0.2, 0.25) is 10.0 Å². The zero-order chi connectivity index (χ0) is 31.2. The Labute approximate surface area is 255 Å². The lowest BCUT2D eigenvalue weighted by Crippen LogP contribution is -2.62. The molecule has 0 aromatic heterocycles. The summed E-state index contributed by atoms with van der Waals surface area (Å²) in [6.07, 6.45) is -5.08. The van der Waals surface area contributed by atoms with Gasteiger partial charge in [0.2, 0.25) is 0 Å². The van der Waals surface area contributed by atoms with Crippen LogP contribution in [0.15, 0.2) is 42.5 Å².